The monoisotopic (exact) mass is 322 g/mol. The van der Waals surface area contributed by atoms with Gasteiger partial charge in [0.25, 0.3) is 5.91 Å². The SMILES string of the molecule is O=C1COc2ccc(OCC(=O)c3c[nH]c4ccccc34)cc2N1. The average Bonchev–Trinajstić information content (AvgIpc) is 3.03. The van der Waals surface area contributed by atoms with Gasteiger partial charge in [-0.25, -0.2) is 0 Å². The third kappa shape index (κ3) is 2.58. The second kappa shape index (κ2) is 5.73. The Labute approximate surface area is 137 Å². The van der Waals surface area contributed by atoms with E-state index in [1.165, 1.54) is 0 Å². The Balaban J connectivity index is 1.50. The van der Waals surface area contributed by atoms with Crippen molar-refractivity contribution < 1.29 is 19.1 Å². The van der Waals surface area contributed by atoms with Crippen LogP contribution in [0.25, 0.3) is 10.9 Å². The third-order valence-electron chi connectivity index (χ3n) is 3.84. The smallest absolute Gasteiger partial charge is 0.262 e. The lowest BCUT2D eigenvalue weighted by molar-refractivity contribution is -0.118. The van der Waals surface area contributed by atoms with Gasteiger partial charge in [0.1, 0.15) is 11.5 Å². The number of aromatic amines is 1. The Kier molecular flexibility index (Phi) is 3.42. The first kappa shape index (κ1) is 14.3. The van der Waals surface area contributed by atoms with Gasteiger partial charge in [0.15, 0.2) is 13.2 Å². The number of hydrogen-bond donors (Lipinski definition) is 2. The van der Waals surface area contributed by atoms with Gasteiger partial charge in [0, 0.05) is 28.7 Å². The number of ether oxygens (including phenoxy) is 2. The van der Waals surface area contributed by atoms with E-state index < -0.39 is 0 Å². The molecule has 1 aliphatic heterocycles. The molecular weight excluding hydrogens is 308 g/mol. The normalized spacial score (nSPS) is 13.1. The fourth-order valence-electron chi connectivity index (χ4n) is 2.68. The van der Waals surface area contributed by atoms with Crippen LogP contribution in [0, 0.1) is 0 Å². The van der Waals surface area contributed by atoms with E-state index in [1.54, 1.807) is 24.4 Å². The van der Waals surface area contributed by atoms with Crippen molar-refractivity contribution in [1.82, 2.24) is 4.98 Å². The molecule has 120 valence electrons. The highest BCUT2D eigenvalue weighted by Crippen LogP contribution is 2.31. The summed E-state index contributed by atoms with van der Waals surface area (Å²) in [5.74, 6) is 0.748. The second-order valence-corrected chi connectivity index (χ2v) is 5.45. The molecule has 0 bridgehead atoms. The van der Waals surface area contributed by atoms with Crippen molar-refractivity contribution in [3.63, 3.8) is 0 Å². The number of ketones is 1. The second-order valence-electron chi connectivity index (χ2n) is 5.45. The first-order chi connectivity index (χ1) is 11.7. The summed E-state index contributed by atoms with van der Waals surface area (Å²) in [6.45, 7) is -0.0817. The number of H-pyrrole nitrogens is 1. The van der Waals surface area contributed by atoms with E-state index in [9.17, 15) is 9.59 Å². The van der Waals surface area contributed by atoms with Gasteiger partial charge in [-0.15, -0.1) is 0 Å². The van der Waals surface area contributed by atoms with E-state index in [-0.39, 0.29) is 24.9 Å². The molecule has 6 heteroatoms. The summed E-state index contributed by atoms with van der Waals surface area (Å²) in [6.07, 6.45) is 1.69. The van der Waals surface area contributed by atoms with E-state index in [1.807, 2.05) is 24.3 Å². The first-order valence-electron chi connectivity index (χ1n) is 7.49. The Morgan fingerprint density at radius 3 is 3.00 bits per heavy atom. The van der Waals surface area contributed by atoms with Crippen molar-refractivity contribution in [3.8, 4) is 11.5 Å². The van der Waals surface area contributed by atoms with E-state index >= 15 is 0 Å². The van der Waals surface area contributed by atoms with Crippen LogP contribution in [0.3, 0.4) is 0 Å². The van der Waals surface area contributed by atoms with Crippen LogP contribution in [0.2, 0.25) is 0 Å². The number of hydrogen-bond acceptors (Lipinski definition) is 4. The van der Waals surface area contributed by atoms with Gasteiger partial charge < -0.3 is 19.8 Å². The number of rotatable bonds is 4. The zero-order valence-corrected chi connectivity index (χ0v) is 12.7. The molecule has 3 aromatic rings. The molecule has 2 aromatic carbocycles. The molecule has 0 radical (unpaired) electrons. The van der Waals surface area contributed by atoms with Crippen molar-refractivity contribution >= 4 is 28.3 Å². The van der Waals surface area contributed by atoms with Crippen LogP contribution >= 0.6 is 0 Å². The van der Waals surface area contributed by atoms with Gasteiger partial charge in [-0.2, -0.15) is 0 Å². The van der Waals surface area contributed by atoms with Crippen LogP contribution in [0.4, 0.5) is 5.69 Å². The van der Waals surface area contributed by atoms with Gasteiger partial charge in [-0.3, -0.25) is 9.59 Å². The minimum atomic E-state index is -0.213. The maximum atomic E-state index is 12.4. The van der Waals surface area contributed by atoms with Crippen molar-refractivity contribution in [1.29, 1.82) is 0 Å². The van der Waals surface area contributed by atoms with Gasteiger partial charge in [-0.1, -0.05) is 18.2 Å². The number of para-hydroxylation sites is 1. The highest BCUT2D eigenvalue weighted by Gasteiger charge is 2.17. The quantitative estimate of drug-likeness (QED) is 0.724. The molecule has 0 saturated carbocycles. The summed E-state index contributed by atoms with van der Waals surface area (Å²) in [6, 6.07) is 12.7. The van der Waals surface area contributed by atoms with Crippen LogP contribution in [0.5, 0.6) is 11.5 Å². The molecule has 0 saturated heterocycles. The zero-order valence-electron chi connectivity index (χ0n) is 12.7. The Morgan fingerprint density at radius 2 is 2.08 bits per heavy atom. The highest BCUT2D eigenvalue weighted by molar-refractivity contribution is 6.08. The summed E-state index contributed by atoms with van der Waals surface area (Å²) >= 11 is 0. The highest BCUT2D eigenvalue weighted by atomic mass is 16.5. The molecule has 2 heterocycles. The predicted octanol–water partition coefficient (Wildman–Crippen LogP) is 2.76. The first-order valence-corrected chi connectivity index (χ1v) is 7.49. The van der Waals surface area contributed by atoms with Crippen molar-refractivity contribution in [2.24, 2.45) is 0 Å². The Morgan fingerprint density at radius 1 is 1.21 bits per heavy atom. The molecule has 0 fully saturated rings. The van der Waals surface area contributed by atoms with Crippen LogP contribution in [-0.2, 0) is 4.79 Å². The molecule has 1 aromatic heterocycles. The summed E-state index contributed by atoms with van der Waals surface area (Å²) in [4.78, 5) is 26.8. The summed E-state index contributed by atoms with van der Waals surface area (Å²) < 4.78 is 10.9. The summed E-state index contributed by atoms with van der Waals surface area (Å²) in [5.41, 5.74) is 2.05. The maximum absolute atomic E-state index is 12.4. The topological polar surface area (TPSA) is 80.4 Å². The van der Waals surface area contributed by atoms with E-state index in [0.29, 0.717) is 22.7 Å². The number of anilines is 1. The molecule has 6 nitrogen and oxygen atoms in total. The Hall–Kier alpha value is -3.28. The number of nitrogens with one attached hydrogen (secondary N) is 2. The molecule has 1 aliphatic rings. The van der Waals surface area contributed by atoms with Crippen molar-refractivity contribution in [2.75, 3.05) is 18.5 Å². The lowest BCUT2D eigenvalue weighted by Gasteiger charge is -2.18. The third-order valence-corrected chi connectivity index (χ3v) is 3.84. The molecule has 4 rings (SSSR count). The molecule has 0 atom stereocenters. The lowest BCUT2D eigenvalue weighted by Crippen LogP contribution is -2.25. The largest absolute Gasteiger partial charge is 0.485 e. The zero-order chi connectivity index (χ0) is 16.5. The van der Waals surface area contributed by atoms with E-state index in [4.69, 9.17) is 9.47 Å². The molecule has 0 aliphatic carbocycles. The molecule has 24 heavy (non-hydrogen) atoms. The number of aromatic nitrogens is 1. The predicted molar refractivity (Wildman–Crippen MR) is 88.7 cm³/mol. The molecule has 2 N–H and O–H groups in total. The number of amides is 1. The molecule has 0 spiro atoms. The minimum Gasteiger partial charge on any atom is -0.485 e. The van der Waals surface area contributed by atoms with E-state index in [0.717, 1.165) is 10.9 Å². The molecule has 0 unspecified atom stereocenters. The van der Waals surface area contributed by atoms with Gasteiger partial charge >= 0.3 is 0 Å². The molecule has 1 amide bonds. The standard InChI is InChI=1S/C18H14N2O4/c21-16(13-8-19-14-4-2-1-3-12(13)14)9-23-11-5-6-17-15(7-11)20-18(22)10-24-17/h1-8,19H,9-10H2,(H,20,22). The lowest BCUT2D eigenvalue weighted by atomic mass is 10.1. The van der Waals surface area contributed by atoms with Crippen LogP contribution < -0.4 is 14.8 Å². The van der Waals surface area contributed by atoms with E-state index in [2.05, 4.69) is 10.3 Å². The number of fused-ring (bicyclic) bond motifs is 2. The van der Waals surface area contributed by atoms with Gasteiger partial charge in [-0.05, 0) is 18.2 Å². The maximum Gasteiger partial charge on any atom is 0.262 e. The van der Waals surface area contributed by atoms with Crippen LogP contribution in [0.1, 0.15) is 10.4 Å². The number of Topliss-reactive ketones (excluding diaryl/α,β-unsaturated/α-hetero) is 1. The number of benzene rings is 2. The van der Waals surface area contributed by atoms with Crippen molar-refractivity contribution in [2.45, 2.75) is 0 Å². The van der Waals surface area contributed by atoms with Gasteiger partial charge in [0.05, 0.1) is 5.69 Å². The fraction of sp³-hybridized carbons (Fsp3) is 0.111. The Bertz CT molecular complexity index is 945. The fourth-order valence-corrected chi connectivity index (χ4v) is 2.68. The molecular formula is C18H14N2O4. The summed E-state index contributed by atoms with van der Waals surface area (Å²) in [7, 11) is 0. The van der Waals surface area contributed by atoms with Crippen LogP contribution in [-0.4, -0.2) is 29.9 Å². The summed E-state index contributed by atoms with van der Waals surface area (Å²) in [5, 5.41) is 3.58. The van der Waals surface area contributed by atoms with Gasteiger partial charge in [0.2, 0.25) is 5.78 Å². The minimum absolute atomic E-state index is 0.00620. The number of carbonyl (C=O) groups excluding carboxylic acids is 2. The number of carbonyl (C=O) groups is 2. The average molecular weight is 322 g/mol. The van der Waals surface area contributed by atoms with Crippen LogP contribution in [0.15, 0.2) is 48.7 Å². The van der Waals surface area contributed by atoms with Crippen molar-refractivity contribution in [3.05, 3.63) is 54.2 Å².